The van der Waals surface area contributed by atoms with Gasteiger partial charge in [-0.2, -0.15) is 18.3 Å². The van der Waals surface area contributed by atoms with Gasteiger partial charge in [-0.1, -0.05) is 0 Å². The van der Waals surface area contributed by atoms with Crippen LogP contribution < -0.4 is 0 Å². The molecule has 0 radical (unpaired) electrons. The van der Waals surface area contributed by atoms with Gasteiger partial charge >= 0.3 is 6.18 Å². The minimum atomic E-state index is -4.50. The van der Waals surface area contributed by atoms with E-state index in [1.165, 1.54) is 24.2 Å². The minimum absolute atomic E-state index is 0.0240. The zero-order valence-corrected chi connectivity index (χ0v) is 10.5. The fourth-order valence-electron chi connectivity index (χ4n) is 2.37. The summed E-state index contributed by atoms with van der Waals surface area (Å²) in [6.07, 6.45) is -2.98. The molecule has 0 aliphatic carbocycles. The number of aromatic nitrogens is 2. The van der Waals surface area contributed by atoms with Crippen LogP contribution in [0.25, 0.3) is 11.3 Å². The summed E-state index contributed by atoms with van der Waals surface area (Å²) in [5.74, 6) is -0.400. The Balaban J connectivity index is 2.25. The van der Waals surface area contributed by atoms with Gasteiger partial charge in [0.1, 0.15) is 0 Å². The molecular formula is C13H10F3N3O. The molecule has 0 bridgehead atoms. The maximum Gasteiger partial charge on any atom is 0.416 e. The van der Waals surface area contributed by atoms with Crippen molar-refractivity contribution in [1.29, 1.82) is 0 Å². The second kappa shape index (κ2) is 4.09. The zero-order chi connectivity index (χ0) is 14.5. The van der Waals surface area contributed by atoms with E-state index in [4.69, 9.17) is 0 Å². The number of aromatic amines is 1. The molecule has 0 unspecified atom stereocenters. The van der Waals surface area contributed by atoms with Crippen molar-refractivity contribution in [2.45, 2.75) is 12.7 Å². The van der Waals surface area contributed by atoms with Crippen molar-refractivity contribution in [2.75, 3.05) is 7.05 Å². The summed E-state index contributed by atoms with van der Waals surface area (Å²) in [6, 6.07) is 4.07. The van der Waals surface area contributed by atoms with E-state index in [0.717, 1.165) is 6.07 Å². The highest BCUT2D eigenvalue weighted by molar-refractivity contribution is 5.99. The number of nitrogens with one attached hydrogen (secondary N) is 1. The van der Waals surface area contributed by atoms with E-state index in [0.29, 0.717) is 5.69 Å². The number of amides is 1. The summed E-state index contributed by atoms with van der Waals surface area (Å²) in [6.45, 7) is -0.0240. The van der Waals surface area contributed by atoms with Crippen molar-refractivity contribution in [1.82, 2.24) is 15.1 Å². The molecule has 0 saturated heterocycles. The molecule has 0 atom stereocenters. The molecule has 4 nitrogen and oxygen atoms in total. The molecule has 20 heavy (non-hydrogen) atoms. The first-order chi connectivity index (χ1) is 9.38. The van der Waals surface area contributed by atoms with Crippen LogP contribution in [0.4, 0.5) is 13.2 Å². The van der Waals surface area contributed by atoms with Crippen LogP contribution in [0, 0.1) is 0 Å². The molecule has 1 aliphatic rings. The van der Waals surface area contributed by atoms with Crippen molar-refractivity contribution in [3.63, 3.8) is 0 Å². The Bertz CT molecular complexity index is 677. The Kier molecular flexibility index (Phi) is 2.60. The highest BCUT2D eigenvalue weighted by atomic mass is 19.4. The quantitative estimate of drug-likeness (QED) is 0.873. The van der Waals surface area contributed by atoms with Gasteiger partial charge in [0.25, 0.3) is 5.91 Å². The summed E-state index contributed by atoms with van der Waals surface area (Å²) in [4.78, 5) is 13.2. The number of fused-ring (bicyclic) bond motifs is 1. The maximum absolute atomic E-state index is 13.2. The first kappa shape index (κ1) is 12.7. The number of H-pyrrole nitrogens is 1. The lowest BCUT2D eigenvalue weighted by molar-refractivity contribution is -0.138. The molecule has 1 aromatic carbocycles. The zero-order valence-electron chi connectivity index (χ0n) is 10.5. The van der Waals surface area contributed by atoms with E-state index in [1.54, 1.807) is 6.07 Å². The lowest BCUT2D eigenvalue weighted by Gasteiger charge is -2.12. The predicted octanol–water partition coefficient (Wildman–Crippen LogP) is 2.68. The number of rotatable bonds is 1. The molecule has 3 rings (SSSR count). The first-order valence-corrected chi connectivity index (χ1v) is 5.87. The van der Waals surface area contributed by atoms with Crippen LogP contribution in [0.5, 0.6) is 0 Å². The fourth-order valence-corrected chi connectivity index (χ4v) is 2.37. The topological polar surface area (TPSA) is 49.0 Å². The Labute approximate surface area is 112 Å². The third-order valence-electron chi connectivity index (χ3n) is 3.32. The molecular weight excluding hydrogens is 271 g/mol. The van der Waals surface area contributed by atoms with E-state index in [2.05, 4.69) is 10.2 Å². The predicted molar refractivity (Wildman–Crippen MR) is 64.8 cm³/mol. The summed E-state index contributed by atoms with van der Waals surface area (Å²) in [5.41, 5.74) is 0.0111. The standard InChI is InChI=1S/C13H10F3N3O/c1-19-6-9-8(12(19)20)4-7(11-2-3-17-18-11)5-10(9)13(14,15)16/h2-5H,6H2,1H3,(H,17,18). The van der Waals surface area contributed by atoms with Crippen LogP contribution >= 0.6 is 0 Å². The van der Waals surface area contributed by atoms with Gasteiger partial charge in [-0.15, -0.1) is 0 Å². The Morgan fingerprint density at radius 3 is 2.70 bits per heavy atom. The van der Waals surface area contributed by atoms with Gasteiger partial charge in [-0.25, -0.2) is 0 Å². The molecule has 7 heteroatoms. The molecule has 0 spiro atoms. The van der Waals surface area contributed by atoms with Gasteiger partial charge < -0.3 is 4.90 Å². The third-order valence-corrected chi connectivity index (χ3v) is 3.32. The fraction of sp³-hybridized carbons (Fsp3) is 0.231. The van der Waals surface area contributed by atoms with Crippen molar-refractivity contribution in [3.05, 3.63) is 41.1 Å². The molecule has 104 valence electrons. The number of carbonyl (C=O) groups is 1. The molecule has 1 aliphatic heterocycles. The number of hydrogen-bond donors (Lipinski definition) is 1. The van der Waals surface area contributed by atoms with E-state index in [9.17, 15) is 18.0 Å². The average molecular weight is 281 g/mol. The van der Waals surface area contributed by atoms with Crippen molar-refractivity contribution >= 4 is 5.91 Å². The van der Waals surface area contributed by atoms with Gasteiger partial charge in [0.2, 0.25) is 0 Å². The Morgan fingerprint density at radius 2 is 2.10 bits per heavy atom. The number of hydrogen-bond acceptors (Lipinski definition) is 2. The van der Waals surface area contributed by atoms with Crippen molar-refractivity contribution in [3.8, 4) is 11.3 Å². The van der Waals surface area contributed by atoms with Crippen LogP contribution in [0.15, 0.2) is 24.4 Å². The summed E-state index contributed by atoms with van der Waals surface area (Å²) in [5, 5.41) is 6.41. The molecule has 0 fully saturated rings. The second-order valence-electron chi connectivity index (χ2n) is 4.67. The average Bonchev–Trinajstić information content (AvgIpc) is 2.98. The lowest BCUT2D eigenvalue weighted by Crippen LogP contribution is -2.17. The SMILES string of the molecule is CN1Cc2c(cc(-c3cc[nH]n3)cc2C(F)(F)F)C1=O. The number of benzene rings is 1. The van der Waals surface area contributed by atoms with Crippen LogP contribution in [-0.4, -0.2) is 28.1 Å². The Morgan fingerprint density at radius 1 is 1.35 bits per heavy atom. The highest BCUT2D eigenvalue weighted by Crippen LogP contribution is 2.39. The molecule has 1 N–H and O–H groups in total. The maximum atomic E-state index is 13.2. The van der Waals surface area contributed by atoms with E-state index in [-0.39, 0.29) is 23.2 Å². The highest BCUT2D eigenvalue weighted by Gasteiger charge is 2.39. The molecule has 2 heterocycles. The molecule has 1 aromatic heterocycles. The van der Waals surface area contributed by atoms with Crippen LogP contribution in [0.3, 0.4) is 0 Å². The van der Waals surface area contributed by atoms with Crippen molar-refractivity contribution < 1.29 is 18.0 Å². The summed E-state index contributed by atoms with van der Waals surface area (Å²) in [7, 11) is 1.48. The van der Waals surface area contributed by atoms with E-state index < -0.39 is 17.6 Å². The van der Waals surface area contributed by atoms with Crippen LogP contribution in [0.1, 0.15) is 21.5 Å². The summed E-state index contributed by atoms with van der Waals surface area (Å²) < 4.78 is 39.5. The normalized spacial score (nSPS) is 14.8. The molecule has 1 amide bonds. The number of nitrogens with zero attached hydrogens (tertiary/aromatic N) is 2. The largest absolute Gasteiger partial charge is 0.416 e. The number of alkyl halides is 3. The van der Waals surface area contributed by atoms with Crippen LogP contribution in [0.2, 0.25) is 0 Å². The monoisotopic (exact) mass is 281 g/mol. The first-order valence-electron chi connectivity index (χ1n) is 5.87. The van der Waals surface area contributed by atoms with Crippen molar-refractivity contribution in [2.24, 2.45) is 0 Å². The number of halogens is 3. The lowest BCUT2D eigenvalue weighted by atomic mass is 9.97. The third kappa shape index (κ3) is 1.86. The Hall–Kier alpha value is -2.31. The minimum Gasteiger partial charge on any atom is -0.337 e. The second-order valence-corrected chi connectivity index (χ2v) is 4.67. The van der Waals surface area contributed by atoms with Crippen LogP contribution in [-0.2, 0) is 12.7 Å². The molecule has 0 saturated carbocycles. The van der Waals surface area contributed by atoms with E-state index >= 15 is 0 Å². The smallest absolute Gasteiger partial charge is 0.337 e. The number of carbonyl (C=O) groups excluding carboxylic acids is 1. The van der Waals surface area contributed by atoms with E-state index in [1.807, 2.05) is 0 Å². The van der Waals surface area contributed by atoms with Gasteiger partial charge in [0, 0.05) is 30.9 Å². The summed E-state index contributed by atoms with van der Waals surface area (Å²) >= 11 is 0. The van der Waals surface area contributed by atoms with Gasteiger partial charge in [0.15, 0.2) is 0 Å². The van der Waals surface area contributed by atoms with Gasteiger partial charge in [0.05, 0.1) is 11.3 Å². The van der Waals surface area contributed by atoms with Gasteiger partial charge in [-0.3, -0.25) is 9.89 Å². The molecule has 2 aromatic rings. The van der Waals surface area contributed by atoms with Gasteiger partial charge in [-0.05, 0) is 23.8 Å².